The summed E-state index contributed by atoms with van der Waals surface area (Å²) in [6, 6.07) is 6.71. The molecule has 0 aromatic heterocycles. The lowest BCUT2D eigenvalue weighted by Crippen LogP contribution is -2.04. The molecule has 0 saturated heterocycles. The molecule has 86 valence electrons. The monoisotopic (exact) mass is 220 g/mol. The second-order valence-electron chi connectivity index (χ2n) is 3.54. The van der Waals surface area contributed by atoms with Gasteiger partial charge in [-0.05, 0) is 31.5 Å². The van der Waals surface area contributed by atoms with E-state index in [1.807, 2.05) is 26.0 Å². The summed E-state index contributed by atoms with van der Waals surface area (Å²) in [6.45, 7) is 4.40. The predicted octanol–water partition coefficient (Wildman–Crippen LogP) is 2.87. The molecule has 0 radical (unpaired) electrons. The molecule has 3 heteroatoms. The second kappa shape index (κ2) is 6.08. The first-order valence-electron chi connectivity index (χ1n) is 5.20. The minimum absolute atomic E-state index is 0.0733. The summed E-state index contributed by atoms with van der Waals surface area (Å²) >= 11 is 0. The Kier molecular flexibility index (Phi) is 4.73. The van der Waals surface area contributed by atoms with Crippen LogP contribution in [0.2, 0.25) is 0 Å². The van der Waals surface area contributed by atoms with Crippen molar-refractivity contribution in [2.45, 2.75) is 26.6 Å². The molecule has 0 saturated carbocycles. The molecule has 0 amide bonds. The SMILES string of the molecule is C/C=C\C(C)OCc1ccc(C(=O)O)cc1. The maximum absolute atomic E-state index is 10.6. The largest absolute Gasteiger partial charge is 0.478 e. The van der Waals surface area contributed by atoms with Crippen LogP contribution in [0.25, 0.3) is 0 Å². The number of carboxylic acids is 1. The number of carbonyl (C=O) groups is 1. The summed E-state index contributed by atoms with van der Waals surface area (Å²) < 4.78 is 5.53. The lowest BCUT2D eigenvalue weighted by molar-refractivity contribution is 0.0696. The van der Waals surface area contributed by atoms with Crippen LogP contribution in [0.4, 0.5) is 0 Å². The maximum atomic E-state index is 10.6. The lowest BCUT2D eigenvalue weighted by Gasteiger charge is -2.08. The number of hydrogen-bond donors (Lipinski definition) is 1. The highest BCUT2D eigenvalue weighted by atomic mass is 16.5. The van der Waals surface area contributed by atoms with Crippen molar-refractivity contribution in [1.82, 2.24) is 0 Å². The molecule has 0 spiro atoms. The highest BCUT2D eigenvalue weighted by Gasteiger charge is 2.02. The van der Waals surface area contributed by atoms with Gasteiger partial charge in [0.15, 0.2) is 0 Å². The average molecular weight is 220 g/mol. The van der Waals surface area contributed by atoms with E-state index in [1.54, 1.807) is 24.3 Å². The quantitative estimate of drug-likeness (QED) is 0.776. The third kappa shape index (κ3) is 3.87. The fourth-order valence-electron chi connectivity index (χ4n) is 1.30. The minimum Gasteiger partial charge on any atom is -0.478 e. The van der Waals surface area contributed by atoms with Crippen LogP contribution in [0.3, 0.4) is 0 Å². The van der Waals surface area contributed by atoms with E-state index < -0.39 is 5.97 Å². The molecule has 0 bridgehead atoms. The van der Waals surface area contributed by atoms with Crippen LogP contribution in [0, 0.1) is 0 Å². The average Bonchev–Trinajstić information content (AvgIpc) is 2.27. The van der Waals surface area contributed by atoms with E-state index in [-0.39, 0.29) is 6.10 Å². The van der Waals surface area contributed by atoms with E-state index in [9.17, 15) is 4.79 Å². The number of carboxylic acid groups (broad SMARTS) is 1. The second-order valence-corrected chi connectivity index (χ2v) is 3.54. The zero-order valence-corrected chi connectivity index (χ0v) is 9.51. The molecule has 0 aliphatic heterocycles. The lowest BCUT2D eigenvalue weighted by atomic mass is 10.1. The van der Waals surface area contributed by atoms with E-state index >= 15 is 0 Å². The van der Waals surface area contributed by atoms with E-state index in [4.69, 9.17) is 9.84 Å². The molecule has 3 nitrogen and oxygen atoms in total. The topological polar surface area (TPSA) is 46.5 Å². The number of allylic oxidation sites excluding steroid dienone is 1. The smallest absolute Gasteiger partial charge is 0.335 e. The van der Waals surface area contributed by atoms with Gasteiger partial charge in [0.1, 0.15) is 0 Å². The first kappa shape index (κ1) is 12.5. The predicted molar refractivity (Wildman–Crippen MR) is 62.5 cm³/mol. The van der Waals surface area contributed by atoms with Crippen LogP contribution in [0.1, 0.15) is 29.8 Å². The number of ether oxygens (including phenoxy) is 1. The van der Waals surface area contributed by atoms with E-state index in [1.165, 1.54) is 0 Å². The summed E-state index contributed by atoms with van der Waals surface area (Å²) in [5.74, 6) is -0.908. The van der Waals surface area contributed by atoms with Crippen molar-refractivity contribution in [1.29, 1.82) is 0 Å². The molecular weight excluding hydrogens is 204 g/mol. The molecule has 0 fully saturated rings. The Labute approximate surface area is 95.4 Å². The molecule has 1 N–H and O–H groups in total. The molecule has 1 unspecified atom stereocenters. The van der Waals surface area contributed by atoms with E-state index in [2.05, 4.69) is 0 Å². The number of aromatic carboxylic acids is 1. The Balaban J connectivity index is 2.52. The summed E-state index contributed by atoms with van der Waals surface area (Å²) in [6.07, 6.45) is 3.98. The third-order valence-corrected chi connectivity index (χ3v) is 2.18. The van der Waals surface area contributed by atoms with Gasteiger partial charge in [0.25, 0.3) is 0 Å². The van der Waals surface area contributed by atoms with Crippen molar-refractivity contribution in [3.8, 4) is 0 Å². The highest BCUT2D eigenvalue weighted by Crippen LogP contribution is 2.07. The summed E-state index contributed by atoms with van der Waals surface area (Å²) in [5, 5.41) is 8.72. The van der Waals surface area contributed by atoms with Crippen molar-refractivity contribution >= 4 is 5.97 Å². The molecule has 1 aromatic rings. The Morgan fingerprint density at radius 2 is 2.06 bits per heavy atom. The van der Waals surface area contributed by atoms with Gasteiger partial charge >= 0.3 is 5.97 Å². The van der Waals surface area contributed by atoms with Crippen LogP contribution in [0.5, 0.6) is 0 Å². The molecule has 1 rings (SSSR count). The molecule has 0 heterocycles. The summed E-state index contributed by atoms with van der Waals surface area (Å²) in [5.41, 5.74) is 1.27. The number of benzene rings is 1. The van der Waals surface area contributed by atoms with Gasteiger partial charge in [-0.1, -0.05) is 24.3 Å². The van der Waals surface area contributed by atoms with Gasteiger partial charge in [-0.15, -0.1) is 0 Å². The Morgan fingerprint density at radius 3 is 2.56 bits per heavy atom. The Bertz CT molecular complexity index is 365. The van der Waals surface area contributed by atoms with Gasteiger partial charge < -0.3 is 9.84 Å². The molecule has 16 heavy (non-hydrogen) atoms. The van der Waals surface area contributed by atoms with Gasteiger partial charge in [-0.2, -0.15) is 0 Å². The standard InChI is InChI=1S/C13H16O3/c1-3-4-10(2)16-9-11-5-7-12(8-6-11)13(14)15/h3-8,10H,9H2,1-2H3,(H,14,15)/b4-3-. The number of rotatable bonds is 5. The van der Waals surface area contributed by atoms with Crippen LogP contribution in [-0.2, 0) is 11.3 Å². The third-order valence-electron chi connectivity index (χ3n) is 2.18. The fraction of sp³-hybridized carbons (Fsp3) is 0.308. The van der Waals surface area contributed by atoms with Gasteiger partial charge in [0.05, 0.1) is 18.3 Å². The normalized spacial score (nSPS) is 12.9. The maximum Gasteiger partial charge on any atom is 0.335 e. The molecule has 0 aliphatic carbocycles. The van der Waals surface area contributed by atoms with E-state index in [0.717, 1.165) is 5.56 Å². The fourth-order valence-corrected chi connectivity index (χ4v) is 1.30. The van der Waals surface area contributed by atoms with Gasteiger partial charge in [0.2, 0.25) is 0 Å². The van der Waals surface area contributed by atoms with E-state index in [0.29, 0.717) is 12.2 Å². The molecular formula is C13H16O3. The Hall–Kier alpha value is -1.61. The van der Waals surface area contributed by atoms with Crippen LogP contribution >= 0.6 is 0 Å². The summed E-state index contributed by atoms with van der Waals surface area (Å²) in [7, 11) is 0. The van der Waals surface area contributed by atoms with Gasteiger partial charge in [0, 0.05) is 0 Å². The van der Waals surface area contributed by atoms with Crippen LogP contribution < -0.4 is 0 Å². The molecule has 1 aromatic carbocycles. The first-order chi connectivity index (χ1) is 7.63. The summed E-state index contributed by atoms with van der Waals surface area (Å²) in [4.78, 5) is 10.6. The zero-order valence-electron chi connectivity index (χ0n) is 9.51. The van der Waals surface area contributed by atoms with Crippen molar-refractivity contribution in [2.75, 3.05) is 0 Å². The van der Waals surface area contributed by atoms with Crippen molar-refractivity contribution < 1.29 is 14.6 Å². The van der Waals surface area contributed by atoms with Crippen molar-refractivity contribution in [2.24, 2.45) is 0 Å². The molecule has 1 atom stereocenters. The first-order valence-corrected chi connectivity index (χ1v) is 5.20. The van der Waals surface area contributed by atoms with Crippen molar-refractivity contribution in [3.63, 3.8) is 0 Å². The molecule has 0 aliphatic rings. The Morgan fingerprint density at radius 1 is 1.44 bits per heavy atom. The van der Waals surface area contributed by atoms with Crippen LogP contribution in [0.15, 0.2) is 36.4 Å². The van der Waals surface area contributed by atoms with Crippen molar-refractivity contribution in [3.05, 3.63) is 47.5 Å². The zero-order chi connectivity index (χ0) is 12.0. The highest BCUT2D eigenvalue weighted by molar-refractivity contribution is 5.87. The van der Waals surface area contributed by atoms with Gasteiger partial charge in [-0.3, -0.25) is 0 Å². The van der Waals surface area contributed by atoms with Crippen LogP contribution in [-0.4, -0.2) is 17.2 Å². The number of hydrogen-bond acceptors (Lipinski definition) is 2. The van der Waals surface area contributed by atoms with Gasteiger partial charge in [-0.25, -0.2) is 4.79 Å². The minimum atomic E-state index is -0.908.